The third kappa shape index (κ3) is 5.56. The van der Waals surface area contributed by atoms with Crippen molar-refractivity contribution in [1.82, 2.24) is 20.4 Å². The van der Waals surface area contributed by atoms with E-state index in [1.165, 1.54) is 5.57 Å². The average molecular weight is 429 g/mol. The first-order valence-electron chi connectivity index (χ1n) is 11.4. The Kier molecular flexibility index (Phi) is 7.55. The molecule has 0 saturated carbocycles. The van der Waals surface area contributed by atoms with Gasteiger partial charge in [-0.15, -0.1) is 0 Å². The van der Waals surface area contributed by atoms with Crippen LogP contribution in [0.15, 0.2) is 46.8 Å². The lowest BCUT2D eigenvalue weighted by Crippen LogP contribution is -2.56. The lowest BCUT2D eigenvalue weighted by Gasteiger charge is -2.33. The van der Waals surface area contributed by atoms with Gasteiger partial charge in [0, 0.05) is 38.5 Å². The molecule has 7 heteroatoms. The summed E-state index contributed by atoms with van der Waals surface area (Å²) in [6.45, 7) is 10.8. The minimum atomic E-state index is -0.641. The van der Waals surface area contributed by atoms with Gasteiger partial charge in [0.1, 0.15) is 6.61 Å². The molecule has 3 N–H and O–H groups in total. The number of hydrogen-bond acceptors (Lipinski definition) is 6. The first-order chi connectivity index (χ1) is 14.9. The predicted molar refractivity (Wildman–Crippen MR) is 125 cm³/mol. The van der Waals surface area contributed by atoms with Gasteiger partial charge in [0.2, 0.25) is 0 Å². The van der Waals surface area contributed by atoms with Crippen LogP contribution in [0.5, 0.6) is 0 Å². The SMILES string of the molecule is C/C=C(\C)N1CCC[C@@H](CCO)NC2=C(OCC3=CC(C)=CCCN3C)C#[N+]C1(C)N2. The Bertz CT molecular complexity index is 848. The maximum atomic E-state index is 9.55. The third-order valence-corrected chi connectivity index (χ3v) is 6.27. The van der Waals surface area contributed by atoms with E-state index in [4.69, 9.17) is 9.58 Å². The number of allylic oxidation sites excluding steroid dienone is 5. The first kappa shape index (κ1) is 23.1. The molecular formula is C24H38N5O2+. The van der Waals surface area contributed by atoms with Gasteiger partial charge in [0.15, 0.2) is 5.82 Å². The van der Waals surface area contributed by atoms with E-state index in [1.54, 1.807) is 0 Å². The van der Waals surface area contributed by atoms with Gasteiger partial charge in [-0.25, -0.2) is 0 Å². The fourth-order valence-corrected chi connectivity index (χ4v) is 4.27. The van der Waals surface area contributed by atoms with E-state index in [9.17, 15) is 5.11 Å². The van der Waals surface area contributed by atoms with Crippen LogP contribution in [-0.2, 0) is 4.74 Å². The Balaban J connectivity index is 1.88. The summed E-state index contributed by atoms with van der Waals surface area (Å²) in [5, 5.41) is 16.7. The van der Waals surface area contributed by atoms with Gasteiger partial charge in [0.25, 0.3) is 5.76 Å². The molecule has 170 valence electrons. The van der Waals surface area contributed by atoms with Gasteiger partial charge < -0.3 is 20.1 Å². The highest BCUT2D eigenvalue weighted by atomic mass is 16.5. The van der Waals surface area contributed by atoms with Crippen LogP contribution in [0.4, 0.5) is 0 Å². The average Bonchev–Trinajstić information content (AvgIpc) is 2.86. The highest BCUT2D eigenvalue weighted by molar-refractivity contribution is 5.33. The van der Waals surface area contributed by atoms with Gasteiger partial charge in [-0.05, 0) is 57.4 Å². The molecule has 31 heavy (non-hydrogen) atoms. The number of nitrogens with one attached hydrogen (secondary N) is 2. The standard InChI is InChI=1S/C24H37N5O2/c1-6-19(3)29-13-8-10-20(11-14-30)26-23-22(16-25-24(29,4)27-23)31-17-21-15-18(2)9-7-12-28(21)5/h6,9,15,20,30H,7-8,10-14,17H2,1-5H3,(H,26,27)/p+1/b19-6+/t20-,24?/m0/s1. The number of rotatable bonds is 6. The first-order valence-corrected chi connectivity index (χ1v) is 11.4. The third-order valence-electron chi connectivity index (χ3n) is 6.27. The normalized spacial score (nSPS) is 26.8. The van der Waals surface area contributed by atoms with Crippen molar-refractivity contribution in [3.05, 3.63) is 51.6 Å². The van der Waals surface area contributed by atoms with E-state index in [-0.39, 0.29) is 12.6 Å². The zero-order chi connectivity index (χ0) is 22.4. The van der Waals surface area contributed by atoms with E-state index >= 15 is 0 Å². The Morgan fingerprint density at radius 1 is 1.45 bits per heavy atom. The summed E-state index contributed by atoms with van der Waals surface area (Å²) in [6, 6.07) is 3.33. The van der Waals surface area contributed by atoms with Crippen molar-refractivity contribution < 1.29 is 9.84 Å². The van der Waals surface area contributed by atoms with Gasteiger partial charge in [0.05, 0.1) is 12.6 Å². The fraction of sp³-hybridized carbons (Fsp3) is 0.625. The second-order valence-electron chi connectivity index (χ2n) is 8.73. The Hall–Kier alpha value is -2.59. The van der Waals surface area contributed by atoms with Crippen LogP contribution in [0, 0.1) is 6.07 Å². The molecule has 0 aromatic carbocycles. The number of aliphatic hydroxyl groups is 1. The molecule has 0 aliphatic carbocycles. The molecule has 7 nitrogen and oxygen atoms in total. The second kappa shape index (κ2) is 10.1. The number of fused-ring (bicyclic) bond motifs is 2. The van der Waals surface area contributed by atoms with Crippen molar-refractivity contribution in [3.63, 3.8) is 0 Å². The zero-order valence-electron chi connectivity index (χ0n) is 19.7. The molecule has 0 aromatic heterocycles. The minimum absolute atomic E-state index is 0.150. The molecule has 1 fully saturated rings. The van der Waals surface area contributed by atoms with Gasteiger partial charge in [-0.1, -0.05) is 17.7 Å². The number of aliphatic hydroxyl groups excluding tert-OH is 1. The van der Waals surface area contributed by atoms with Crippen LogP contribution in [0.25, 0.3) is 4.85 Å². The van der Waals surface area contributed by atoms with Gasteiger partial charge in [-0.2, -0.15) is 0 Å². The minimum Gasteiger partial charge on any atom is -0.472 e. The maximum absolute atomic E-state index is 9.55. The highest BCUT2D eigenvalue weighted by Gasteiger charge is 2.47. The lowest BCUT2D eigenvalue weighted by molar-refractivity contribution is 0.152. The van der Waals surface area contributed by atoms with Crippen LogP contribution in [0.2, 0.25) is 0 Å². The number of hydrogen-bond donors (Lipinski definition) is 3. The van der Waals surface area contributed by atoms with Crippen LogP contribution < -0.4 is 10.6 Å². The fourth-order valence-electron chi connectivity index (χ4n) is 4.27. The van der Waals surface area contributed by atoms with Crippen molar-refractivity contribution in [3.8, 4) is 6.07 Å². The Labute approximate surface area is 186 Å². The topological polar surface area (TPSA) is 64.4 Å². The Morgan fingerprint density at radius 2 is 2.26 bits per heavy atom. The molecule has 0 amide bonds. The van der Waals surface area contributed by atoms with Crippen molar-refractivity contribution >= 4 is 0 Å². The molecule has 2 bridgehead atoms. The van der Waals surface area contributed by atoms with E-state index in [2.05, 4.69) is 72.5 Å². The molecule has 2 atom stereocenters. The molecular weight excluding hydrogens is 390 g/mol. The maximum Gasteiger partial charge on any atom is 0.433 e. The van der Waals surface area contributed by atoms with E-state index in [0.29, 0.717) is 18.8 Å². The zero-order valence-corrected chi connectivity index (χ0v) is 19.7. The Morgan fingerprint density at radius 3 is 3.00 bits per heavy atom. The van der Waals surface area contributed by atoms with Crippen LogP contribution in [0.1, 0.15) is 53.4 Å². The van der Waals surface area contributed by atoms with Gasteiger partial charge >= 0.3 is 11.9 Å². The molecule has 0 aromatic rings. The van der Waals surface area contributed by atoms with E-state index in [1.807, 2.05) is 6.92 Å². The summed E-state index contributed by atoms with van der Waals surface area (Å²) in [5.41, 5.74) is 3.56. The summed E-state index contributed by atoms with van der Waals surface area (Å²) in [7, 11) is 2.10. The number of nitrogens with zero attached hydrogens (tertiary/aromatic N) is 3. The summed E-state index contributed by atoms with van der Waals surface area (Å²) >= 11 is 0. The number of likely N-dealkylation sites (N-methyl/N-ethyl adjacent to an activating group) is 1. The lowest BCUT2D eigenvalue weighted by atomic mass is 10.1. The molecule has 0 spiro atoms. The van der Waals surface area contributed by atoms with Gasteiger partial charge in [-0.3, -0.25) is 10.2 Å². The van der Waals surface area contributed by atoms with E-state index in [0.717, 1.165) is 49.6 Å². The molecule has 3 aliphatic heterocycles. The van der Waals surface area contributed by atoms with Crippen molar-refractivity contribution in [2.24, 2.45) is 0 Å². The van der Waals surface area contributed by atoms with Crippen LogP contribution in [-0.4, -0.2) is 60.1 Å². The van der Waals surface area contributed by atoms with Crippen LogP contribution >= 0.6 is 0 Å². The molecule has 3 heterocycles. The molecule has 0 radical (unpaired) electrons. The van der Waals surface area contributed by atoms with Crippen molar-refractivity contribution in [2.75, 3.05) is 33.4 Å². The largest absolute Gasteiger partial charge is 0.472 e. The quantitative estimate of drug-likeness (QED) is 0.603. The molecule has 1 saturated heterocycles. The van der Waals surface area contributed by atoms with Crippen molar-refractivity contribution in [1.29, 1.82) is 0 Å². The molecule has 1 unspecified atom stereocenters. The summed E-state index contributed by atoms with van der Waals surface area (Å²) in [5.74, 6) is 0.730. The second-order valence-corrected chi connectivity index (χ2v) is 8.73. The molecule has 3 aliphatic rings. The van der Waals surface area contributed by atoms with Crippen molar-refractivity contribution in [2.45, 2.75) is 65.2 Å². The summed E-state index contributed by atoms with van der Waals surface area (Å²) in [4.78, 5) is 9.26. The molecule has 3 rings (SSSR count). The summed E-state index contributed by atoms with van der Waals surface area (Å²) < 4.78 is 6.23. The number of ether oxygens (including phenoxy) is 1. The van der Waals surface area contributed by atoms with Crippen LogP contribution in [0.3, 0.4) is 0 Å². The summed E-state index contributed by atoms with van der Waals surface area (Å²) in [6.07, 6.45) is 10.2. The monoisotopic (exact) mass is 428 g/mol. The predicted octanol–water partition coefficient (Wildman–Crippen LogP) is 3.31. The smallest absolute Gasteiger partial charge is 0.433 e. The van der Waals surface area contributed by atoms with E-state index < -0.39 is 5.79 Å². The highest BCUT2D eigenvalue weighted by Crippen LogP contribution is 2.28.